The Bertz CT molecular complexity index is 7610. The van der Waals surface area contributed by atoms with Gasteiger partial charge in [0.15, 0.2) is 0 Å². The van der Waals surface area contributed by atoms with Crippen LogP contribution in [-0.2, 0) is 0 Å². The van der Waals surface area contributed by atoms with E-state index >= 15 is 0 Å². The molecule has 4 aromatic heterocycles. The predicted molar refractivity (Wildman–Crippen MR) is 531 cm³/mol. The molecule has 0 radical (unpaired) electrons. The van der Waals surface area contributed by atoms with Crippen LogP contribution in [0.3, 0.4) is 0 Å². The minimum atomic E-state index is 1.09. The fourth-order valence-electron chi connectivity index (χ4n) is 17.9. The van der Waals surface area contributed by atoms with Crippen molar-refractivity contribution in [2.24, 2.45) is 0 Å². The van der Waals surface area contributed by atoms with Gasteiger partial charge in [0.25, 0.3) is 0 Å². The van der Waals surface area contributed by atoms with E-state index in [1.165, 1.54) is 174 Å². The first-order valence-electron chi connectivity index (χ1n) is 42.2. The summed E-state index contributed by atoms with van der Waals surface area (Å²) in [4.78, 5) is 4.76. The zero-order valence-electron chi connectivity index (χ0n) is 67.8. The van der Waals surface area contributed by atoms with Crippen LogP contribution < -0.4 is 9.80 Å². The van der Waals surface area contributed by atoms with Crippen LogP contribution in [0.15, 0.2) is 485 Å². The summed E-state index contributed by atoms with van der Waals surface area (Å²) in [6.45, 7) is 0. The van der Waals surface area contributed by atoms with E-state index in [4.69, 9.17) is 0 Å². The SMILES string of the molecule is c1ccc(-c2ccc(-c3ccc(N(c4ccc(-c5ccc(-c6ccccc6)cc5)cc4)c4cccc(-c5cccc6c5sc5c7ccccc7n(-c7ccccc7)c65)c4)cc3)cc2)cc1.c1ccc(-c2ccc(-c3ccc(N(c4ccc(-c5ccccc5)cc4)c4cccc(-c5cccc6c5sc5c7ccccc7n(-c7ccccc7)c65)c4)cc3)cc2)cc1. The molecule has 0 atom stereocenters. The third-order valence-electron chi connectivity index (χ3n) is 24.0. The largest absolute Gasteiger partial charge is 0.310 e. The molecule has 6 heteroatoms. The van der Waals surface area contributed by atoms with Gasteiger partial charge in [-0.05, 0) is 209 Å². The van der Waals surface area contributed by atoms with E-state index in [2.05, 4.69) is 504 Å². The first-order valence-corrected chi connectivity index (χ1v) is 43.9. The van der Waals surface area contributed by atoms with Crippen molar-refractivity contribution >= 4 is 119 Å². The normalized spacial score (nSPS) is 11.4. The first kappa shape index (κ1) is 74.6. The van der Waals surface area contributed by atoms with Gasteiger partial charge in [0.1, 0.15) is 0 Å². The minimum Gasteiger partial charge on any atom is -0.310 e. The van der Waals surface area contributed by atoms with Crippen LogP contribution >= 0.6 is 22.7 Å². The second-order valence-corrected chi connectivity index (χ2v) is 33.5. The highest BCUT2D eigenvalue weighted by Gasteiger charge is 2.25. The van der Waals surface area contributed by atoms with Gasteiger partial charge in [-0.25, -0.2) is 0 Å². The maximum atomic E-state index is 2.44. The standard InChI is InChI=1S/C62H42N2S.C56H38N2S/c1-4-14-43(15-5-1)45-26-30-47(31-27-45)49-34-38-53(39-35-49)63(54-40-36-50(37-41-54)48-32-28-46(29-33-48)44-16-6-2-7-17-44)55-21-12-18-51(42-55)56-23-13-24-58-60-62(65-61(56)58)57-22-10-11-25-59(57)64(60)52-19-8-3-9-20-52;1-4-14-39(15-5-1)41-26-28-42(29-27-41)44-32-36-48(37-33-44)57(47-34-30-43(31-35-47)40-16-6-2-7-17-40)49-21-12-18-45(38-49)50-23-13-24-52-54-56(59-55(50)52)51-22-10-11-25-53(51)58(54)46-19-8-3-9-20-46/h1-42H;1-38H. The summed E-state index contributed by atoms with van der Waals surface area (Å²) < 4.78 is 10.1. The molecule has 0 aliphatic heterocycles. The van der Waals surface area contributed by atoms with E-state index in [-0.39, 0.29) is 0 Å². The Morgan fingerprint density at radius 1 is 0.153 bits per heavy atom. The molecular formula is C118H80N4S2. The minimum absolute atomic E-state index is 1.09. The molecule has 0 aliphatic rings. The summed E-state index contributed by atoms with van der Waals surface area (Å²) in [5.41, 5.74) is 35.6. The zero-order chi connectivity index (χ0) is 82.2. The topological polar surface area (TPSA) is 16.3 Å². The van der Waals surface area contributed by atoms with Gasteiger partial charge in [-0.3, -0.25) is 0 Å². The molecule has 4 heterocycles. The van der Waals surface area contributed by atoms with Crippen molar-refractivity contribution in [3.8, 4) is 112 Å². The van der Waals surface area contributed by atoms with Gasteiger partial charge < -0.3 is 18.9 Å². The number of rotatable bonds is 17. The van der Waals surface area contributed by atoms with Crippen molar-refractivity contribution in [3.63, 3.8) is 0 Å². The van der Waals surface area contributed by atoms with E-state index in [0.717, 1.165) is 34.1 Å². The summed E-state index contributed by atoms with van der Waals surface area (Å²) in [7, 11) is 0. The van der Waals surface area contributed by atoms with E-state index in [9.17, 15) is 0 Å². The van der Waals surface area contributed by atoms with Crippen LogP contribution in [0.5, 0.6) is 0 Å². The number of hydrogen-bond acceptors (Lipinski definition) is 4. The van der Waals surface area contributed by atoms with Gasteiger partial charge in [0.05, 0.1) is 31.5 Å². The molecule has 4 nitrogen and oxygen atoms in total. The molecule has 23 rings (SSSR count). The van der Waals surface area contributed by atoms with Crippen LogP contribution in [-0.4, -0.2) is 9.13 Å². The lowest BCUT2D eigenvalue weighted by Crippen LogP contribution is -2.10. The van der Waals surface area contributed by atoms with E-state index in [0.29, 0.717) is 0 Å². The lowest BCUT2D eigenvalue weighted by atomic mass is 9.99. The Kier molecular flexibility index (Phi) is 19.7. The Morgan fingerprint density at radius 3 is 0.653 bits per heavy atom. The first-order chi connectivity index (χ1) is 61.5. The van der Waals surface area contributed by atoms with Crippen molar-refractivity contribution in [2.75, 3.05) is 9.80 Å². The third-order valence-corrected chi connectivity index (χ3v) is 26.6. The molecule has 0 saturated carbocycles. The third kappa shape index (κ3) is 14.2. The van der Waals surface area contributed by atoms with Crippen molar-refractivity contribution in [1.82, 2.24) is 9.13 Å². The Labute approximate surface area is 729 Å². The van der Waals surface area contributed by atoms with Gasteiger partial charge in [-0.2, -0.15) is 0 Å². The molecule has 584 valence electrons. The van der Waals surface area contributed by atoms with Crippen molar-refractivity contribution < 1.29 is 0 Å². The quantitative estimate of drug-likeness (QED) is 0.0903. The smallest absolute Gasteiger partial charge is 0.0727 e. The Balaban J connectivity index is 0.000000148. The molecule has 23 aromatic rings. The van der Waals surface area contributed by atoms with Gasteiger partial charge in [-0.15, -0.1) is 22.7 Å². The number of anilines is 6. The van der Waals surface area contributed by atoms with Gasteiger partial charge in [0, 0.05) is 76.4 Å². The Morgan fingerprint density at radius 2 is 0.371 bits per heavy atom. The average molecular weight is 1620 g/mol. The van der Waals surface area contributed by atoms with Gasteiger partial charge >= 0.3 is 0 Å². The van der Waals surface area contributed by atoms with Crippen LogP contribution in [0.2, 0.25) is 0 Å². The molecule has 0 aliphatic carbocycles. The highest BCUT2D eigenvalue weighted by molar-refractivity contribution is 7.27. The van der Waals surface area contributed by atoms with Crippen LogP contribution in [0.1, 0.15) is 0 Å². The summed E-state index contributed by atoms with van der Waals surface area (Å²) in [6.07, 6.45) is 0. The maximum Gasteiger partial charge on any atom is 0.0727 e. The fraction of sp³-hybridized carbons (Fsp3) is 0. The number of benzene rings is 19. The van der Waals surface area contributed by atoms with Crippen molar-refractivity contribution in [2.45, 2.75) is 0 Å². The van der Waals surface area contributed by atoms with Crippen LogP contribution in [0.4, 0.5) is 34.1 Å². The number of nitrogens with zero attached hydrogens (tertiary/aromatic N) is 4. The number of aromatic nitrogens is 2. The number of thiophene rings is 2. The molecule has 0 fully saturated rings. The Hall–Kier alpha value is -15.7. The van der Waals surface area contributed by atoms with E-state index in [1.54, 1.807) is 0 Å². The summed E-state index contributed by atoms with van der Waals surface area (Å²) in [5, 5.41) is 5.11. The molecule has 124 heavy (non-hydrogen) atoms. The maximum absolute atomic E-state index is 2.44. The monoisotopic (exact) mass is 1620 g/mol. The second-order valence-electron chi connectivity index (χ2n) is 31.5. The lowest BCUT2D eigenvalue weighted by molar-refractivity contribution is 1.19. The molecule has 19 aromatic carbocycles. The highest BCUT2D eigenvalue weighted by atomic mass is 32.1. The average Bonchev–Trinajstić information content (AvgIpc) is 1.57. The molecular weight excluding hydrogens is 1540 g/mol. The van der Waals surface area contributed by atoms with E-state index in [1.807, 2.05) is 22.7 Å². The predicted octanol–water partition coefficient (Wildman–Crippen LogP) is 33.9. The molecule has 0 saturated heterocycles. The number of fused-ring (bicyclic) bond motifs is 10. The molecule has 0 unspecified atom stereocenters. The van der Waals surface area contributed by atoms with Crippen molar-refractivity contribution in [1.29, 1.82) is 0 Å². The molecule has 0 spiro atoms. The number of para-hydroxylation sites is 4. The van der Waals surface area contributed by atoms with Crippen LogP contribution in [0.25, 0.3) is 174 Å². The van der Waals surface area contributed by atoms with E-state index < -0.39 is 0 Å². The van der Waals surface area contributed by atoms with Gasteiger partial charge in [0.2, 0.25) is 0 Å². The van der Waals surface area contributed by atoms with Crippen molar-refractivity contribution in [3.05, 3.63) is 485 Å². The summed E-state index contributed by atoms with van der Waals surface area (Å²) in [6, 6.07) is 176. The lowest BCUT2D eigenvalue weighted by Gasteiger charge is -2.26. The second kappa shape index (κ2) is 32.8. The zero-order valence-corrected chi connectivity index (χ0v) is 69.4. The van der Waals surface area contributed by atoms with Crippen LogP contribution in [0, 0.1) is 0 Å². The molecule has 0 bridgehead atoms. The van der Waals surface area contributed by atoms with Gasteiger partial charge in [-0.1, -0.05) is 376 Å². The summed E-state index contributed by atoms with van der Waals surface area (Å²) >= 11 is 3.80. The molecule has 0 N–H and O–H groups in total. The number of hydrogen-bond donors (Lipinski definition) is 0. The fourth-order valence-corrected chi connectivity index (χ4v) is 20.7. The highest BCUT2D eigenvalue weighted by Crippen LogP contribution is 2.50. The summed E-state index contributed by atoms with van der Waals surface area (Å²) in [5.74, 6) is 0. The molecule has 0 amide bonds.